The van der Waals surface area contributed by atoms with Gasteiger partial charge in [0.2, 0.25) is 0 Å². The fourth-order valence-electron chi connectivity index (χ4n) is 1.88. The maximum atomic E-state index is 13.6. The molecule has 1 aromatic carbocycles. The Morgan fingerprint density at radius 1 is 1.35 bits per heavy atom. The van der Waals surface area contributed by atoms with Crippen LogP contribution in [0.2, 0.25) is 0 Å². The number of benzene rings is 1. The molecule has 0 saturated heterocycles. The van der Waals surface area contributed by atoms with Gasteiger partial charge in [-0.1, -0.05) is 19.9 Å². The maximum Gasteiger partial charge on any atom is 0.279 e. The minimum absolute atomic E-state index is 0.132. The SMILES string of the molecule is CCN(CC)S(=O)(=O)N[C@@H](C)c1ccc(OC)c(F)c1. The van der Waals surface area contributed by atoms with Crippen LogP contribution in [0.4, 0.5) is 4.39 Å². The average Bonchev–Trinajstić information content (AvgIpc) is 2.39. The Morgan fingerprint density at radius 3 is 2.40 bits per heavy atom. The molecule has 0 bridgehead atoms. The third-order valence-corrected chi connectivity index (χ3v) is 4.89. The van der Waals surface area contributed by atoms with Crippen molar-refractivity contribution in [3.05, 3.63) is 29.6 Å². The number of nitrogens with zero attached hydrogens (tertiary/aromatic N) is 1. The number of ether oxygens (including phenoxy) is 1. The summed E-state index contributed by atoms with van der Waals surface area (Å²) in [7, 11) is -2.19. The first-order valence-corrected chi connectivity index (χ1v) is 7.90. The van der Waals surface area contributed by atoms with Crippen molar-refractivity contribution in [2.75, 3.05) is 20.2 Å². The normalized spacial score (nSPS) is 13.5. The summed E-state index contributed by atoms with van der Waals surface area (Å²) in [5.74, 6) is -0.383. The summed E-state index contributed by atoms with van der Waals surface area (Å²) in [6, 6.07) is 3.86. The Hall–Kier alpha value is -1.18. The van der Waals surface area contributed by atoms with E-state index in [1.54, 1.807) is 26.8 Å². The summed E-state index contributed by atoms with van der Waals surface area (Å²) < 4.78 is 46.5. The van der Waals surface area contributed by atoms with Crippen LogP contribution >= 0.6 is 0 Å². The van der Waals surface area contributed by atoms with Crippen LogP contribution in [-0.4, -0.2) is 32.9 Å². The van der Waals surface area contributed by atoms with Gasteiger partial charge in [0.05, 0.1) is 7.11 Å². The second-order valence-electron chi connectivity index (χ2n) is 4.32. The molecule has 0 spiro atoms. The van der Waals surface area contributed by atoms with Crippen LogP contribution in [0.1, 0.15) is 32.4 Å². The number of nitrogens with one attached hydrogen (secondary N) is 1. The van der Waals surface area contributed by atoms with Gasteiger partial charge >= 0.3 is 0 Å². The predicted molar refractivity (Wildman–Crippen MR) is 76.3 cm³/mol. The Morgan fingerprint density at radius 2 is 1.95 bits per heavy atom. The van der Waals surface area contributed by atoms with E-state index in [0.717, 1.165) is 0 Å². The summed E-state index contributed by atoms with van der Waals surface area (Å²) in [6.45, 7) is 5.97. The molecular formula is C13H21FN2O3S. The lowest BCUT2D eigenvalue weighted by Gasteiger charge is -2.22. The van der Waals surface area contributed by atoms with Gasteiger partial charge in [-0.05, 0) is 24.6 Å². The first-order valence-electron chi connectivity index (χ1n) is 6.46. The molecule has 0 aliphatic rings. The molecule has 0 radical (unpaired) electrons. The second-order valence-corrected chi connectivity index (χ2v) is 6.03. The van der Waals surface area contributed by atoms with Gasteiger partial charge in [0.15, 0.2) is 11.6 Å². The molecule has 0 aromatic heterocycles. The van der Waals surface area contributed by atoms with Crippen LogP contribution in [0.5, 0.6) is 5.75 Å². The lowest BCUT2D eigenvalue weighted by atomic mass is 10.1. The van der Waals surface area contributed by atoms with Crippen LogP contribution < -0.4 is 9.46 Å². The van der Waals surface area contributed by atoms with E-state index in [1.165, 1.54) is 23.5 Å². The lowest BCUT2D eigenvalue weighted by molar-refractivity contribution is 0.385. The smallest absolute Gasteiger partial charge is 0.279 e. The summed E-state index contributed by atoms with van der Waals surface area (Å²) >= 11 is 0. The molecule has 0 heterocycles. The first kappa shape index (κ1) is 16.9. The minimum atomic E-state index is -3.57. The highest BCUT2D eigenvalue weighted by Crippen LogP contribution is 2.22. The molecule has 1 rings (SSSR count). The lowest BCUT2D eigenvalue weighted by Crippen LogP contribution is -2.41. The Bertz CT molecular complexity index is 545. The fourth-order valence-corrected chi connectivity index (χ4v) is 3.29. The van der Waals surface area contributed by atoms with E-state index in [4.69, 9.17) is 4.74 Å². The molecule has 1 aromatic rings. The Kier molecular flexibility index (Phi) is 5.91. The monoisotopic (exact) mass is 304 g/mol. The highest BCUT2D eigenvalue weighted by atomic mass is 32.2. The van der Waals surface area contributed by atoms with E-state index in [2.05, 4.69) is 4.72 Å². The molecule has 114 valence electrons. The van der Waals surface area contributed by atoms with Crippen molar-refractivity contribution < 1.29 is 17.5 Å². The van der Waals surface area contributed by atoms with Gasteiger partial charge in [-0.25, -0.2) is 4.39 Å². The molecule has 0 amide bonds. The van der Waals surface area contributed by atoms with E-state index >= 15 is 0 Å². The largest absolute Gasteiger partial charge is 0.494 e. The van der Waals surface area contributed by atoms with Crippen molar-refractivity contribution in [3.63, 3.8) is 0 Å². The molecular weight excluding hydrogens is 283 g/mol. The number of rotatable bonds is 7. The van der Waals surface area contributed by atoms with Crippen molar-refractivity contribution >= 4 is 10.2 Å². The van der Waals surface area contributed by atoms with Gasteiger partial charge in [-0.3, -0.25) is 0 Å². The second kappa shape index (κ2) is 7.01. The average molecular weight is 304 g/mol. The molecule has 1 atom stereocenters. The number of hydrogen-bond donors (Lipinski definition) is 1. The highest BCUT2D eigenvalue weighted by molar-refractivity contribution is 7.87. The standard InChI is InChI=1S/C13H21FN2O3S/c1-5-16(6-2)20(17,18)15-10(3)11-7-8-13(19-4)12(14)9-11/h7-10,15H,5-6H2,1-4H3/t10-/m0/s1. The van der Waals surface area contributed by atoms with E-state index in [0.29, 0.717) is 18.7 Å². The van der Waals surface area contributed by atoms with E-state index < -0.39 is 22.1 Å². The zero-order chi connectivity index (χ0) is 15.3. The van der Waals surface area contributed by atoms with E-state index in [9.17, 15) is 12.8 Å². The van der Waals surface area contributed by atoms with Crippen molar-refractivity contribution in [1.82, 2.24) is 9.03 Å². The van der Waals surface area contributed by atoms with Crippen molar-refractivity contribution in [1.29, 1.82) is 0 Å². The molecule has 0 unspecified atom stereocenters. The molecule has 0 aliphatic carbocycles. The summed E-state index contributed by atoms with van der Waals surface area (Å²) in [6.07, 6.45) is 0. The van der Waals surface area contributed by atoms with Crippen LogP contribution in [0.25, 0.3) is 0 Å². The van der Waals surface area contributed by atoms with Gasteiger partial charge in [-0.2, -0.15) is 17.4 Å². The minimum Gasteiger partial charge on any atom is -0.494 e. The fraction of sp³-hybridized carbons (Fsp3) is 0.538. The topological polar surface area (TPSA) is 58.6 Å². The van der Waals surface area contributed by atoms with Crippen molar-refractivity contribution in [2.24, 2.45) is 0 Å². The van der Waals surface area contributed by atoms with Crippen LogP contribution in [0.15, 0.2) is 18.2 Å². The van der Waals surface area contributed by atoms with Gasteiger partial charge in [0, 0.05) is 19.1 Å². The van der Waals surface area contributed by atoms with Crippen molar-refractivity contribution in [2.45, 2.75) is 26.8 Å². The Balaban J connectivity index is 2.91. The van der Waals surface area contributed by atoms with E-state index in [-0.39, 0.29) is 5.75 Å². The molecule has 0 aliphatic heterocycles. The molecule has 7 heteroatoms. The van der Waals surface area contributed by atoms with Gasteiger partial charge in [0.25, 0.3) is 10.2 Å². The third kappa shape index (κ3) is 3.91. The van der Waals surface area contributed by atoms with Crippen LogP contribution in [0, 0.1) is 5.82 Å². The zero-order valence-corrected chi connectivity index (χ0v) is 13.0. The van der Waals surface area contributed by atoms with Crippen LogP contribution in [-0.2, 0) is 10.2 Å². The number of hydrogen-bond acceptors (Lipinski definition) is 3. The van der Waals surface area contributed by atoms with Crippen molar-refractivity contribution in [3.8, 4) is 5.75 Å². The van der Waals surface area contributed by atoms with E-state index in [1.807, 2.05) is 0 Å². The molecule has 0 saturated carbocycles. The number of halogens is 1. The molecule has 1 N–H and O–H groups in total. The third-order valence-electron chi connectivity index (χ3n) is 3.05. The summed E-state index contributed by atoms with van der Waals surface area (Å²) in [5.41, 5.74) is 0.541. The summed E-state index contributed by atoms with van der Waals surface area (Å²) in [5, 5.41) is 0. The number of methoxy groups -OCH3 is 1. The summed E-state index contributed by atoms with van der Waals surface area (Å²) in [4.78, 5) is 0. The molecule has 0 fully saturated rings. The Labute approximate surface area is 119 Å². The quantitative estimate of drug-likeness (QED) is 0.839. The highest BCUT2D eigenvalue weighted by Gasteiger charge is 2.22. The molecule has 5 nitrogen and oxygen atoms in total. The van der Waals surface area contributed by atoms with Crippen LogP contribution in [0.3, 0.4) is 0 Å². The zero-order valence-electron chi connectivity index (χ0n) is 12.2. The molecule has 20 heavy (non-hydrogen) atoms. The van der Waals surface area contributed by atoms with Gasteiger partial charge in [-0.15, -0.1) is 0 Å². The maximum absolute atomic E-state index is 13.6. The predicted octanol–water partition coefficient (Wildman–Crippen LogP) is 2.07. The van der Waals surface area contributed by atoms with Gasteiger partial charge in [0.1, 0.15) is 0 Å². The first-order chi connectivity index (χ1) is 9.35. The van der Waals surface area contributed by atoms with Gasteiger partial charge < -0.3 is 4.74 Å².